The molecule has 1 N–H and O–H groups in total. The van der Waals surface area contributed by atoms with Crippen molar-refractivity contribution in [2.75, 3.05) is 0 Å². The standard InChI is InChI=1S/C22H18F3N3O3S/c1-14-8-11-20-26-18(13-28(20)12-14)21-15(2)19(10-9-17(21)22(23,24)25)31-27-32(29,30)16-6-4-3-5-7-16/h3-13,27H,1-2H3. The molecule has 0 atom stereocenters. The van der Waals surface area contributed by atoms with Crippen LogP contribution in [0.15, 0.2) is 71.9 Å². The number of imidazole rings is 1. The lowest BCUT2D eigenvalue weighted by Crippen LogP contribution is -2.27. The van der Waals surface area contributed by atoms with Gasteiger partial charge in [0.2, 0.25) is 0 Å². The second-order valence-corrected chi connectivity index (χ2v) is 8.85. The smallest absolute Gasteiger partial charge is 0.393 e. The minimum Gasteiger partial charge on any atom is -0.393 e. The molecule has 0 spiro atoms. The summed E-state index contributed by atoms with van der Waals surface area (Å²) in [6.45, 7) is 3.28. The van der Waals surface area contributed by atoms with Gasteiger partial charge in [0.25, 0.3) is 10.0 Å². The number of hydrogen-bond acceptors (Lipinski definition) is 4. The van der Waals surface area contributed by atoms with Gasteiger partial charge in [0.05, 0.1) is 16.2 Å². The van der Waals surface area contributed by atoms with Gasteiger partial charge in [-0.05, 0) is 54.6 Å². The Bertz CT molecular complexity index is 1400. The van der Waals surface area contributed by atoms with E-state index in [2.05, 4.69) is 4.98 Å². The molecule has 0 aliphatic rings. The van der Waals surface area contributed by atoms with Crippen LogP contribution in [0.3, 0.4) is 0 Å². The highest BCUT2D eigenvalue weighted by molar-refractivity contribution is 7.89. The van der Waals surface area contributed by atoms with Crippen LogP contribution < -0.4 is 9.72 Å². The molecule has 0 fully saturated rings. The van der Waals surface area contributed by atoms with E-state index in [1.165, 1.54) is 25.3 Å². The van der Waals surface area contributed by atoms with Crippen molar-refractivity contribution in [3.05, 3.63) is 83.7 Å². The predicted octanol–water partition coefficient (Wildman–Crippen LogP) is 4.91. The van der Waals surface area contributed by atoms with Gasteiger partial charge in [0.1, 0.15) is 5.65 Å². The molecule has 10 heteroatoms. The Kier molecular flexibility index (Phi) is 5.43. The molecule has 0 radical (unpaired) electrons. The molecular formula is C22H18F3N3O3S. The molecule has 0 aliphatic carbocycles. The van der Waals surface area contributed by atoms with Crippen LogP contribution in [0.4, 0.5) is 13.2 Å². The van der Waals surface area contributed by atoms with Crippen LogP contribution in [-0.2, 0) is 16.2 Å². The maximum absolute atomic E-state index is 13.8. The molecule has 4 aromatic rings. The van der Waals surface area contributed by atoms with Crippen molar-refractivity contribution in [1.82, 2.24) is 14.3 Å². The van der Waals surface area contributed by atoms with Gasteiger partial charge in [-0.2, -0.15) is 13.2 Å². The maximum atomic E-state index is 13.8. The van der Waals surface area contributed by atoms with Crippen LogP contribution in [0.1, 0.15) is 16.7 Å². The summed E-state index contributed by atoms with van der Waals surface area (Å²) in [7, 11) is -4.03. The van der Waals surface area contributed by atoms with Crippen molar-refractivity contribution in [3.63, 3.8) is 0 Å². The van der Waals surface area contributed by atoms with E-state index in [-0.39, 0.29) is 27.5 Å². The summed E-state index contributed by atoms with van der Waals surface area (Å²) in [6.07, 6.45) is -1.39. The van der Waals surface area contributed by atoms with Gasteiger partial charge in [-0.25, -0.2) is 13.4 Å². The van der Waals surface area contributed by atoms with Crippen molar-refractivity contribution in [2.45, 2.75) is 24.9 Å². The molecule has 32 heavy (non-hydrogen) atoms. The Hall–Kier alpha value is -3.37. The number of nitrogens with one attached hydrogen (secondary N) is 1. The maximum Gasteiger partial charge on any atom is 0.417 e. The summed E-state index contributed by atoms with van der Waals surface area (Å²) in [5.41, 5.74) is 0.506. The van der Waals surface area contributed by atoms with Crippen molar-refractivity contribution >= 4 is 15.7 Å². The molecule has 6 nitrogen and oxygen atoms in total. The zero-order valence-electron chi connectivity index (χ0n) is 17.0. The Morgan fingerprint density at radius 1 is 0.969 bits per heavy atom. The van der Waals surface area contributed by atoms with Gasteiger partial charge in [-0.15, -0.1) is 0 Å². The molecule has 2 heterocycles. The van der Waals surface area contributed by atoms with E-state index >= 15 is 0 Å². The molecule has 0 bridgehead atoms. The third kappa shape index (κ3) is 4.19. The molecule has 0 unspecified atom stereocenters. The van der Waals surface area contributed by atoms with Crippen LogP contribution >= 0.6 is 0 Å². The number of aryl methyl sites for hydroxylation is 1. The van der Waals surface area contributed by atoms with Crippen molar-refractivity contribution in [2.24, 2.45) is 0 Å². The van der Waals surface area contributed by atoms with E-state index in [0.717, 1.165) is 17.7 Å². The highest BCUT2D eigenvalue weighted by atomic mass is 32.2. The van der Waals surface area contributed by atoms with Gasteiger partial charge in [-0.1, -0.05) is 24.3 Å². The SMILES string of the molecule is Cc1ccc2nc(-c3c(C(F)(F)F)ccc(ONS(=O)(=O)c4ccccc4)c3C)cn2c1. The first-order valence-electron chi connectivity index (χ1n) is 9.46. The summed E-state index contributed by atoms with van der Waals surface area (Å²) < 4.78 is 67.8. The number of aromatic nitrogens is 2. The van der Waals surface area contributed by atoms with E-state index in [4.69, 9.17) is 4.84 Å². The molecule has 4 rings (SSSR count). The lowest BCUT2D eigenvalue weighted by molar-refractivity contribution is -0.137. The highest BCUT2D eigenvalue weighted by Gasteiger charge is 2.36. The number of alkyl halides is 3. The first-order valence-corrected chi connectivity index (χ1v) is 10.9. The van der Waals surface area contributed by atoms with E-state index in [1.54, 1.807) is 34.9 Å². The minimum atomic E-state index is -4.64. The van der Waals surface area contributed by atoms with Gasteiger partial charge in [-0.3, -0.25) is 0 Å². The zero-order valence-corrected chi connectivity index (χ0v) is 17.8. The largest absolute Gasteiger partial charge is 0.417 e. The third-order valence-electron chi connectivity index (χ3n) is 4.89. The normalized spacial score (nSPS) is 12.3. The predicted molar refractivity (Wildman–Crippen MR) is 112 cm³/mol. The van der Waals surface area contributed by atoms with Gasteiger partial charge >= 0.3 is 6.18 Å². The van der Waals surface area contributed by atoms with Crippen LogP contribution in [0.5, 0.6) is 5.75 Å². The lowest BCUT2D eigenvalue weighted by atomic mass is 9.98. The number of hydrogen-bond donors (Lipinski definition) is 1. The first-order chi connectivity index (χ1) is 15.1. The van der Waals surface area contributed by atoms with Gasteiger partial charge < -0.3 is 9.24 Å². The van der Waals surface area contributed by atoms with E-state index in [0.29, 0.717) is 5.65 Å². The number of halogens is 3. The van der Waals surface area contributed by atoms with Crippen molar-refractivity contribution in [3.8, 4) is 17.0 Å². The van der Waals surface area contributed by atoms with Crippen molar-refractivity contribution in [1.29, 1.82) is 0 Å². The number of benzene rings is 2. The van der Waals surface area contributed by atoms with E-state index in [1.807, 2.05) is 17.9 Å². The average molecular weight is 461 g/mol. The molecule has 0 aliphatic heterocycles. The van der Waals surface area contributed by atoms with E-state index < -0.39 is 21.8 Å². The number of sulfonamides is 1. The fraction of sp³-hybridized carbons (Fsp3) is 0.136. The summed E-state index contributed by atoms with van der Waals surface area (Å²) >= 11 is 0. The van der Waals surface area contributed by atoms with Crippen LogP contribution in [0.2, 0.25) is 0 Å². The lowest BCUT2D eigenvalue weighted by Gasteiger charge is -2.17. The number of pyridine rings is 1. The van der Waals surface area contributed by atoms with Crippen LogP contribution in [0.25, 0.3) is 16.9 Å². The summed E-state index contributed by atoms with van der Waals surface area (Å²) in [5.74, 6) is -0.0688. The second-order valence-electron chi connectivity index (χ2n) is 7.21. The molecule has 2 aromatic carbocycles. The monoisotopic (exact) mass is 461 g/mol. The highest BCUT2D eigenvalue weighted by Crippen LogP contribution is 2.41. The molecule has 0 saturated heterocycles. The molecule has 0 amide bonds. The van der Waals surface area contributed by atoms with Gasteiger partial charge in [0, 0.05) is 23.5 Å². The van der Waals surface area contributed by atoms with Crippen LogP contribution in [0, 0.1) is 13.8 Å². The Morgan fingerprint density at radius 2 is 1.69 bits per heavy atom. The quantitative estimate of drug-likeness (QED) is 0.429. The molecule has 2 aromatic heterocycles. The zero-order chi connectivity index (χ0) is 23.1. The Morgan fingerprint density at radius 3 is 2.38 bits per heavy atom. The second kappa shape index (κ2) is 7.95. The van der Waals surface area contributed by atoms with Crippen LogP contribution in [-0.4, -0.2) is 17.8 Å². The van der Waals surface area contributed by atoms with E-state index in [9.17, 15) is 21.6 Å². The molecule has 166 valence electrons. The number of nitrogens with zero attached hydrogens (tertiary/aromatic N) is 2. The van der Waals surface area contributed by atoms with Crippen molar-refractivity contribution < 1.29 is 26.4 Å². The topological polar surface area (TPSA) is 72.7 Å². The number of fused-ring (bicyclic) bond motifs is 1. The summed E-state index contributed by atoms with van der Waals surface area (Å²) in [5, 5.41) is 0. The summed E-state index contributed by atoms with van der Waals surface area (Å²) in [4.78, 5) is 11.5. The Labute approximate surface area is 182 Å². The average Bonchev–Trinajstić information content (AvgIpc) is 3.15. The minimum absolute atomic E-state index is 0.0412. The fourth-order valence-corrected chi connectivity index (χ4v) is 4.15. The third-order valence-corrected chi connectivity index (χ3v) is 6.09. The fourth-order valence-electron chi connectivity index (χ4n) is 3.34. The Balaban J connectivity index is 1.77. The summed E-state index contributed by atoms with van der Waals surface area (Å²) in [6, 6.07) is 12.9. The van der Waals surface area contributed by atoms with Gasteiger partial charge in [0.15, 0.2) is 5.75 Å². The number of rotatable bonds is 5. The molecule has 0 saturated carbocycles. The first kappa shape index (κ1) is 21.8. The molecular weight excluding hydrogens is 443 g/mol.